The van der Waals surface area contributed by atoms with Gasteiger partial charge in [0.15, 0.2) is 5.13 Å². The Balaban J connectivity index is 1.95. The summed E-state index contributed by atoms with van der Waals surface area (Å²) in [5.41, 5.74) is 2.15. The number of thiazole rings is 1. The molecule has 2 N–H and O–H groups in total. The lowest BCUT2D eigenvalue weighted by atomic mass is 10.1. The van der Waals surface area contributed by atoms with Crippen molar-refractivity contribution in [3.63, 3.8) is 0 Å². The average Bonchev–Trinajstić information content (AvgIpc) is 3.17. The minimum absolute atomic E-state index is 0.0736. The van der Waals surface area contributed by atoms with Gasteiger partial charge in [-0.05, 0) is 31.9 Å². The first-order chi connectivity index (χ1) is 15.2. The Kier molecular flexibility index (Phi) is 9.80. The number of nitrogens with one attached hydrogen (secondary N) is 2. The molecule has 1 heterocycles. The number of aryl methyl sites for hydroxylation is 1. The van der Waals surface area contributed by atoms with Crippen molar-refractivity contribution in [2.75, 3.05) is 32.1 Å². The second-order valence-electron chi connectivity index (χ2n) is 8.05. The molecule has 9 heteroatoms. The molecule has 0 spiro atoms. The highest BCUT2D eigenvalue weighted by atomic mass is 32.1. The molecule has 0 bridgehead atoms. The van der Waals surface area contributed by atoms with Gasteiger partial charge in [-0.2, -0.15) is 0 Å². The summed E-state index contributed by atoms with van der Waals surface area (Å²) in [5, 5.41) is 7.79. The summed E-state index contributed by atoms with van der Waals surface area (Å²) in [5.74, 6) is -0.370. The molecular formula is C23H32N4O4S. The Bertz CT molecular complexity index is 911. The van der Waals surface area contributed by atoms with Gasteiger partial charge < -0.3 is 20.3 Å². The van der Waals surface area contributed by atoms with Crippen molar-refractivity contribution in [2.24, 2.45) is 5.92 Å². The Morgan fingerprint density at radius 1 is 1.12 bits per heavy atom. The van der Waals surface area contributed by atoms with Crippen LogP contribution in [-0.2, 0) is 20.7 Å². The third kappa shape index (κ3) is 8.05. The number of hydrogen-bond donors (Lipinski definition) is 2. The molecule has 1 atom stereocenters. The van der Waals surface area contributed by atoms with Gasteiger partial charge in [0.25, 0.3) is 5.91 Å². The van der Waals surface area contributed by atoms with Gasteiger partial charge in [-0.1, -0.05) is 31.5 Å². The van der Waals surface area contributed by atoms with Gasteiger partial charge in [0.05, 0.1) is 18.7 Å². The van der Waals surface area contributed by atoms with Crippen molar-refractivity contribution in [2.45, 2.75) is 40.2 Å². The second kappa shape index (κ2) is 12.3. The molecule has 0 aliphatic rings. The molecule has 32 heavy (non-hydrogen) atoms. The highest BCUT2D eigenvalue weighted by Gasteiger charge is 2.20. The van der Waals surface area contributed by atoms with E-state index in [1.165, 1.54) is 16.2 Å². The number of aromatic nitrogens is 1. The highest BCUT2D eigenvalue weighted by molar-refractivity contribution is 7.13. The van der Waals surface area contributed by atoms with E-state index in [1.807, 2.05) is 39.8 Å². The van der Waals surface area contributed by atoms with Crippen LogP contribution in [0.2, 0.25) is 0 Å². The van der Waals surface area contributed by atoms with Gasteiger partial charge in [0.1, 0.15) is 6.54 Å². The van der Waals surface area contributed by atoms with E-state index in [0.29, 0.717) is 28.9 Å². The molecule has 8 nitrogen and oxygen atoms in total. The van der Waals surface area contributed by atoms with Crippen LogP contribution in [0.3, 0.4) is 0 Å². The van der Waals surface area contributed by atoms with Gasteiger partial charge in [0, 0.05) is 30.6 Å². The predicted octanol–water partition coefficient (Wildman–Crippen LogP) is 2.88. The highest BCUT2D eigenvalue weighted by Crippen LogP contribution is 2.16. The first-order valence-corrected chi connectivity index (χ1v) is 11.5. The number of anilines is 1. The number of benzene rings is 1. The Morgan fingerprint density at radius 3 is 2.44 bits per heavy atom. The van der Waals surface area contributed by atoms with E-state index in [4.69, 9.17) is 4.74 Å². The van der Waals surface area contributed by atoms with E-state index in [1.54, 1.807) is 24.6 Å². The van der Waals surface area contributed by atoms with E-state index >= 15 is 0 Å². The molecule has 0 saturated heterocycles. The lowest BCUT2D eigenvalue weighted by Gasteiger charge is -2.21. The monoisotopic (exact) mass is 460 g/mol. The number of rotatable bonds is 11. The van der Waals surface area contributed by atoms with Crippen LogP contribution in [0.4, 0.5) is 5.13 Å². The topological polar surface area (TPSA) is 101 Å². The standard InChI is InChI=1S/C23H32N4O4S/c1-15(2)17(4)24-20(28)12-19-14-32-23(25-19)26-21(29)13-27(10-11-31-5)22(30)18-8-6-16(3)7-9-18/h6-9,14-15,17H,10-13H2,1-5H3,(H,24,28)(H,25,26,29). The summed E-state index contributed by atoms with van der Waals surface area (Å²) in [6.07, 6.45) is 0.148. The maximum atomic E-state index is 12.8. The van der Waals surface area contributed by atoms with E-state index in [0.717, 1.165) is 5.56 Å². The van der Waals surface area contributed by atoms with E-state index in [2.05, 4.69) is 15.6 Å². The summed E-state index contributed by atoms with van der Waals surface area (Å²) >= 11 is 1.25. The van der Waals surface area contributed by atoms with Crippen LogP contribution >= 0.6 is 11.3 Å². The molecule has 1 aromatic heterocycles. The van der Waals surface area contributed by atoms with Gasteiger partial charge >= 0.3 is 0 Å². The van der Waals surface area contributed by atoms with Crippen molar-refractivity contribution in [1.82, 2.24) is 15.2 Å². The molecule has 0 aliphatic carbocycles. The smallest absolute Gasteiger partial charge is 0.254 e. The molecule has 3 amide bonds. The number of methoxy groups -OCH3 is 1. The summed E-state index contributed by atoms with van der Waals surface area (Å²) in [4.78, 5) is 43.3. The zero-order valence-corrected chi connectivity index (χ0v) is 20.1. The predicted molar refractivity (Wildman–Crippen MR) is 126 cm³/mol. The summed E-state index contributed by atoms with van der Waals surface area (Å²) < 4.78 is 5.09. The molecule has 2 aromatic rings. The van der Waals surface area contributed by atoms with E-state index in [-0.39, 0.29) is 43.3 Å². The maximum absolute atomic E-state index is 12.8. The fraction of sp³-hybridized carbons (Fsp3) is 0.478. The lowest BCUT2D eigenvalue weighted by Crippen LogP contribution is -2.40. The van der Waals surface area contributed by atoms with Gasteiger partial charge in [-0.25, -0.2) is 4.98 Å². The first kappa shape index (κ1) is 25.5. The second-order valence-corrected chi connectivity index (χ2v) is 8.91. The number of nitrogens with zero attached hydrogens (tertiary/aromatic N) is 2. The Labute approximate surface area is 193 Å². The largest absolute Gasteiger partial charge is 0.383 e. The minimum Gasteiger partial charge on any atom is -0.383 e. The SMILES string of the molecule is COCCN(CC(=O)Nc1nc(CC(=O)NC(C)C(C)C)cs1)C(=O)c1ccc(C)cc1. The Hall–Kier alpha value is -2.78. The van der Waals surface area contributed by atoms with Gasteiger partial charge in [-0.3, -0.25) is 14.4 Å². The van der Waals surface area contributed by atoms with Crippen LogP contribution in [0.15, 0.2) is 29.6 Å². The molecule has 174 valence electrons. The lowest BCUT2D eigenvalue weighted by molar-refractivity contribution is -0.121. The number of hydrogen-bond acceptors (Lipinski definition) is 6. The third-order valence-electron chi connectivity index (χ3n) is 5.01. The number of carbonyl (C=O) groups is 3. The Morgan fingerprint density at radius 2 is 1.81 bits per heavy atom. The minimum atomic E-state index is -0.361. The maximum Gasteiger partial charge on any atom is 0.254 e. The zero-order valence-electron chi connectivity index (χ0n) is 19.3. The van der Waals surface area contributed by atoms with Crippen LogP contribution in [0.5, 0.6) is 0 Å². The first-order valence-electron chi connectivity index (χ1n) is 10.6. The van der Waals surface area contributed by atoms with Crippen molar-refractivity contribution in [3.05, 3.63) is 46.5 Å². The van der Waals surface area contributed by atoms with E-state index in [9.17, 15) is 14.4 Å². The summed E-state index contributed by atoms with van der Waals surface area (Å²) in [7, 11) is 1.55. The van der Waals surface area contributed by atoms with Crippen LogP contribution < -0.4 is 10.6 Å². The summed E-state index contributed by atoms with van der Waals surface area (Å²) in [6.45, 7) is 8.47. The molecule has 0 aliphatic heterocycles. The fourth-order valence-corrected chi connectivity index (χ4v) is 3.47. The molecular weight excluding hydrogens is 428 g/mol. The van der Waals surface area contributed by atoms with Crippen molar-refractivity contribution in [1.29, 1.82) is 0 Å². The van der Waals surface area contributed by atoms with Gasteiger partial charge in [0.2, 0.25) is 11.8 Å². The third-order valence-corrected chi connectivity index (χ3v) is 5.82. The van der Waals surface area contributed by atoms with Gasteiger partial charge in [-0.15, -0.1) is 11.3 Å². The normalized spacial score (nSPS) is 11.8. The van der Waals surface area contributed by atoms with Crippen molar-refractivity contribution in [3.8, 4) is 0 Å². The zero-order chi connectivity index (χ0) is 23.7. The molecule has 1 unspecified atom stereocenters. The quantitative estimate of drug-likeness (QED) is 0.537. The van der Waals surface area contributed by atoms with Crippen LogP contribution in [-0.4, -0.2) is 60.5 Å². The molecule has 0 radical (unpaired) electrons. The number of amides is 3. The average molecular weight is 461 g/mol. The molecule has 0 saturated carbocycles. The molecule has 0 fully saturated rings. The van der Waals surface area contributed by atoms with Crippen LogP contribution in [0, 0.1) is 12.8 Å². The number of ether oxygens (including phenoxy) is 1. The molecule has 2 rings (SSSR count). The fourth-order valence-electron chi connectivity index (χ4n) is 2.75. The molecule has 1 aromatic carbocycles. The van der Waals surface area contributed by atoms with E-state index < -0.39 is 0 Å². The van der Waals surface area contributed by atoms with Crippen molar-refractivity contribution < 1.29 is 19.1 Å². The van der Waals surface area contributed by atoms with Crippen molar-refractivity contribution >= 4 is 34.2 Å². The number of carbonyl (C=O) groups excluding carboxylic acids is 3. The summed E-state index contributed by atoms with van der Waals surface area (Å²) in [6, 6.07) is 7.28. The van der Waals surface area contributed by atoms with Crippen LogP contribution in [0.25, 0.3) is 0 Å². The van der Waals surface area contributed by atoms with Crippen LogP contribution in [0.1, 0.15) is 42.4 Å².